The highest BCUT2D eigenvalue weighted by Gasteiger charge is 2.48. The van der Waals surface area contributed by atoms with Gasteiger partial charge in [0.2, 0.25) is 11.7 Å². The van der Waals surface area contributed by atoms with E-state index < -0.39 is 23.5 Å². The van der Waals surface area contributed by atoms with Crippen LogP contribution in [0.4, 0.5) is 5.95 Å². The molecule has 0 radical (unpaired) electrons. The van der Waals surface area contributed by atoms with E-state index in [0.717, 1.165) is 16.1 Å². The van der Waals surface area contributed by atoms with Gasteiger partial charge in [0.1, 0.15) is 17.6 Å². The van der Waals surface area contributed by atoms with Crippen LogP contribution in [0.1, 0.15) is 43.5 Å². The van der Waals surface area contributed by atoms with Gasteiger partial charge in [-0.15, -0.1) is 11.3 Å². The van der Waals surface area contributed by atoms with Crippen LogP contribution in [-0.4, -0.2) is 31.7 Å². The quantitative estimate of drug-likeness (QED) is 0.440. The van der Waals surface area contributed by atoms with Crippen LogP contribution in [0.5, 0.6) is 0 Å². The molecule has 1 aliphatic heterocycles. The van der Waals surface area contributed by atoms with Gasteiger partial charge in [-0.05, 0) is 57.5 Å². The van der Waals surface area contributed by atoms with Crippen molar-refractivity contribution < 1.29 is 19.1 Å². The Hall–Kier alpha value is -3.72. The summed E-state index contributed by atoms with van der Waals surface area (Å²) in [6, 6.07) is 8.17. The Kier molecular flexibility index (Phi) is 4.52. The summed E-state index contributed by atoms with van der Waals surface area (Å²) in [5.74, 6) is -0.582. The fourth-order valence-electron chi connectivity index (χ4n) is 4.01. The fourth-order valence-corrected chi connectivity index (χ4v) is 4.89. The summed E-state index contributed by atoms with van der Waals surface area (Å²) in [6.45, 7) is 7.27. The lowest BCUT2D eigenvalue weighted by molar-refractivity contribution is -0.117. The number of anilines is 1. The number of fused-ring (bicyclic) bond motifs is 1. The smallest absolute Gasteiger partial charge is 0.296 e. The molecule has 4 aromatic rings. The molecule has 0 spiro atoms. The molecule has 0 saturated heterocycles. The monoisotopic (exact) mass is 448 g/mol. The number of aromatic amines is 1. The number of hydrogen-bond acceptors (Lipinski definition) is 7. The first-order valence-corrected chi connectivity index (χ1v) is 10.8. The highest BCUT2D eigenvalue weighted by atomic mass is 32.1. The number of thiazole rings is 1. The molecule has 2 N–H and O–H groups in total. The van der Waals surface area contributed by atoms with Crippen molar-refractivity contribution >= 4 is 40.0 Å². The SMILES string of the molecule is Cc1ccc2nc(N3C(=O)C(O)=C(C(=O)c4sc(C)nc4C)C3c3ccc(C)o3)[nH]c2c1. The average Bonchev–Trinajstić information content (AvgIpc) is 3.48. The summed E-state index contributed by atoms with van der Waals surface area (Å²) in [6.07, 6.45) is 0. The molecule has 1 amide bonds. The van der Waals surface area contributed by atoms with Crippen LogP contribution >= 0.6 is 11.3 Å². The number of benzene rings is 1. The second kappa shape index (κ2) is 7.16. The van der Waals surface area contributed by atoms with Gasteiger partial charge < -0.3 is 14.5 Å². The van der Waals surface area contributed by atoms with Gasteiger partial charge in [-0.2, -0.15) is 0 Å². The predicted octanol–water partition coefficient (Wildman–Crippen LogP) is 4.63. The number of carbonyl (C=O) groups is 2. The van der Waals surface area contributed by atoms with Crippen molar-refractivity contribution in [1.82, 2.24) is 15.0 Å². The third-order valence-electron chi connectivity index (χ3n) is 5.45. The number of aromatic nitrogens is 3. The lowest BCUT2D eigenvalue weighted by atomic mass is 10.00. The third kappa shape index (κ3) is 3.04. The summed E-state index contributed by atoms with van der Waals surface area (Å²) in [7, 11) is 0. The van der Waals surface area contributed by atoms with Crippen molar-refractivity contribution in [2.24, 2.45) is 0 Å². The number of ketones is 1. The van der Waals surface area contributed by atoms with Crippen molar-refractivity contribution in [2.45, 2.75) is 33.7 Å². The Morgan fingerprint density at radius 3 is 2.59 bits per heavy atom. The molecule has 0 aliphatic carbocycles. The molecule has 1 aromatic carbocycles. The van der Waals surface area contributed by atoms with E-state index in [9.17, 15) is 14.7 Å². The molecule has 0 fully saturated rings. The molecule has 1 atom stereocenters. The summed E-state index contributed by atoms with van der Waals surface area (Å²) in [5.41, 5.74) is 2.95. The number of carbonyl (C=O) groups excluding carboxylic acids is 2. The third-order valence-corrected chi connectivity index (χ3v) is 6.52. The van der Waals surface area contributed by atoms with Gasteiger partial charge in [0.15, 0.2) is 5.76 Å². The Balaban J connectivity index is 1.68. The minimum absolute atomic E-state index is 0.0484. The first kappa shape index (κ1) is 20.2. The molecule has 3 aromatic heterocycles. The van der Waals surface area contributed by atoms with Gasteiger partial charge in [0, 0.05) is 0 Å². The van der Waals surface area contributed by atoms with E-state index in [2.05, 4.69) is 15.0 Å². The zero-order chi connectivity index (χ0) is 22.7. The second-order valence-corrected chi connectivity index (χ2v) is 9.05. The molecule has 9 heteroatoms. The first-order chi connectivity index (χ1) is 15.2. The maximum Gasteiger partial charge on any atom is 0.296 e. The zero-order valence-corrected chi connectivity index (χ0v) is 18.7. The topological polar surface area (TPSA) is 112 Å². The Morgan fingerprint density at radius 1 is 1.16 bits per heavy atom. The van der Waals surface area contributed by atoms with E-state index in [1.807, 2.05) is 25.1 Å². The van der Waals surface area contributed by atoms with Crippen LogP contribution in [-0.2, 0) is 4.79 Å². The predicted molar refractivity (Wildman–Crippen MR) is 120 cm³/mol. The number of H-pyrrole nitrogens is 1. The van der Waals surface area contributed by atoms with Crippen molar-refractivity contribution in [3.05, 3.63) is 74.3 Å². The van der Waals surface area contributed by atoms with Crippen molar-refractivity contribution in [3.8, 4) is 0 Å². The summed E-state index contributed by atoms with van der Waals surface area (Å²) in [4.78, 5) is 40.4. The number of furan rings is 1. The highest BCUT2D eigenvalue weighted by molar-refractivity contribution is 7.14. The normalized spacial score (nSPS) is 16.6. The van der Waals surface area contributed by atoms with Crippen LogP contribution in [0.15, 0.2) is 46.1 Å². The Labute approximate surface area is 187 Å². The number of aliphatic hydroxyl groups excluding tert-OH is 1. The van der Waals surface area contributed by atoms with Crippen LogP contribution < -0.4 is 4.90 Å². The number of hydrogen-bond donors (Lipinski definition) is 2. The van der Waals surface area contributed by atoms with Gasteiger partial charge in [-0.1, -0.05) is 6.07 Å². The minimum Gasteiger partial charge on any atom is -0.503 e. The summed E-state index contributed by atoms with van der Waals surface area (Å²) < 4.78 is 5.82. The van der Waals surface area contributed by atoms with Gasteiger partial charge in [0.25, 0.3) is 5.91 Å². The average molecular weight is 449 g/mol. The minimum atomic E-state index is -0.966. The first-order valence-electron chi connectivity index (χ1n) is 10.0. The van der Waals surface area contributed by atoms with E-state index in [-0.39, 0.29) is 11.5 Å². The number of aliphatic hydroxyl groups is 1. The fraction of sp³-hybridized carbons (Fsp3) is 0.217. The number of nitrogens with zero attached hydrogens (tertiary/aromatic N) is 3. The van der Waals surface area contributed by atoms with Gasteiger partial charge in [0.05, 0.1) is 32.2 Å². The molecule has 162 valence electrons. The largest absolute Gasteiger partial charge is 0.503 e. The number of rotatable bonds is 4. The molecule has 32 heavy (non-hydrogen) atoms. The molecule has 0 bridgehead atoms. The number of Topliss-reactive ketones (excluding diaryl/α,β-unsaturated/α-hetero) is 1. The Morgan fingerprint density at radius 2 is 1.94 bits per heavy atom. The highest BCUT2D eigenvalue weighted by Crippen LogP contribution is 2.42. The van der Waals surface area contributed by atoms with Crippen molar-refractivity contribution in [1.29, 1.82) is 0 Å². The molecular weight excluding hydrogens is 428 g/mol. The van der Waals surface area contributed by atoms with Crippen molar-refractivity contribution in [2.75, 3.05) is 4.90 Å². The number of aryl methyl sites for hydroxylation is 4. The molecule has 8 nitrogen and oxygen atoms in total. The zero-order valence-electron chi connectivity index (χ0n) is 17.9. The van der Waals surface area contributed by atoms with Gasteiger partial charge >= 0.3 is 0 Å². The van der Waals surface area contributed by atoms with E-state index in [4.69, 9.17) is 4.42 Å². The summed E-state index contributed by atoms with van der Waals surface area (Å²) in [5, 5.41) is 11.6. The molecule has 1 aliphatic rings. The second-order valence-electron chi connectivity index (χ2n) is 7.85. The standard InChI is InChI=1S/C23H20N4O4S/c1-10-5-7-14-15(9-10)26-23(25-14)27-18(16-8-6-11(2)31-16)17(20(29)22(27)30)19(28)21-12(3)24-13(4)32-21/h5-9,18,29H,1-4H3,(H,25,26). The van der Waals surface area contributed by atoms with E-state index in [1.165, 1.54) is 16.2 Å². The van der Waals surface area contributed by atoms with E-state index >= 15 is 0 Å². The molecular formula is C23H20N4O4S. The van der Waals surface area contributed by atoms with E-state index in [1.54, 1.807) is 32.9 Å². The summed E-state index contributed by atoms with van der Waals surface area (Å²) >= 11 is 1.23. The van der Waals surface area contributed by atoms with Gasteiger partial charge in [-0.3, -0.25) is 14.5 Å². The number of nitrogens with one attached hydrogen (secondary N) is 1. The van der Waals surface area contributed by atoms with Crippen LogP contribution in [0, 0.1) is 27.7 Å². The van der Waals surface area contributed by atoms with E-state index in [0.29, 0.717) is 27.6 Å². The van der Waals surface area contributed by atoms with Crippen LogP contribution in [0.25, 0.3) is 11.0 Å². The number of amides is 1. The molecule has 0 saturated carbocycles. The van der Waals surface area contributed by atoms with Gasteiger partial charge in [-0.25, -0.2) is 9.97 Å². The lowest BCUT2D eigenvalue weighted by Gasteiger charge is -2.22. The Bertz CT molecular complexity index is 1440. The van der Waals surface area contributed by atoms with Crippen LogP contribution in [0.2, 0.25) is 0 Å². The van der Waals surface area contributed by atoms with Crippen LogP contribution in [0.3, 0.4) is 0 Å². The molecule has 5 rings (SSSR count). The van der Waals surface area contributed by atoms with Crippen molar-refractivity contribution in [3.63, 3.8) is 0 Å². The maximum atomic E-state index is 13.5. The lowest BCUT2D eigenvalue weighted by Crippen LogP contribution is -2.31. The molecule has 4 heterocycles. The molecule has 1 unspecified atom stereocenters. The maximum absolute atomic E-state index is 13.5. The number of imidazole rings is 1.